The molecule has 0 saturated heterocycles. The minimum Gasteiger partial charge on any atom is -0.494 e. The second-order valence-corrected chi connectivity index (χ2v) is 6.24. The molecule has 0 atom stereocenters. The predicted molar refractivity (Wildman–Crippen MR) is 104 cm³/mol. The molecule has 9 heteroatoms. The Bertz CT molecular complexity index is 1250. The Morgan fingerprint density at radius 1 is 1.21 bits per heavy atom. The van der Waals surface area contributed by atoms with Crippen LogP contribution in [0.15, 0.2) is 59.4 Å². The van der Waals surface area contributed by atoms with E-state index in [0.29, 0.717) is 5.69 Å². The Labute approximate surface area is 164 Å². The number of carbonyl (C=O) groups is 1. The van der Waals surface area contributed by atoms with Crippen molar-refractivity contribution in [1.82, 2.24) is 19.8 Å². The average Bonchev–Trinajstić information content (AvgIpc) is 3.18. The topological polar surface area (TPSA) is 101 Å². The van der Waals surface area contributed by atoms with Gasteiger partial charge in [-0.1, -0.05) is 30.3 Å². The molecule has 4 rings (SSSR count). The number of halogens is 1. The van der Waals surface area contributed by atoms with E-state index in [2.05, 4.69) is 20.6 Å². The fraction of sp³-hybridized carbons (Fsp3) is 0.100. The molecule has 0 radical (unpaired) electrons. The van der Waals surface area contributed by atoms with Gasteiger partial charge in [0.15, 0.2) is 17.4 Å². The fourth-order valence-electron chi connectivity index (χ4n) is 2.92. The summed E-state index contributed by atoms with van der Waals surface area (Å²) in [5.41, 5.74) is 1.56. The molecule has 2 aromatic carbocycles. The van der Waals surface area contributed by atoms with Crippen molar-refractivity contribution in [2.75, 3.05) is 12.4 Å². The maximum absolute atomic E-state index is 13.8. The van der Waals surface area contributed by atoms with Gasteiger partial charge in [0.1, 0.15) is 5.52 Å². The van der Waals surface area contributed by atoms with Gasteiger partial charge in [-0.15, -0.1) is 0 Å². The van der Waals surface area contributed by atoms with Crippen LogP contribution in [0.4, 0.5) is 10.1 Å². The molecule has 0 aliphatic rings. The molecule has 4 aromatic rings. The lowest BCUT2D eigenvalue weighted by atomic mass is 10.1. The van der Waals surface area contributed by atoms with Crippen molar-refractivity contribution in [3.8, 4) is 17.0 Å². The van der Waals surface area contributed by atoms with Crippen LogP contribution in [0.1, 0.15) is 5.82 Å². The van der Waals surface area contributed by atoms with Crippen molar-refractivity contribution < 1.29 is 13.9 Å². The zero-order chi connectivity index (χ0) is 20.4. The molecular formula is C20H16FN5O3. The van der Waals surface area contributed by atoms with Crippen LogP contribution >= 0.6 is 0 Å². The van der Waals surface area contributed by atoms with Crippen LogP contribution in [0.3, 0.4) is 0 Å². The van der Waals surface area contributed by atoms with Gasteiger partial charge in [0.2, 0.25) is 5.91 Å². The number of benzene rings is 2. The van der Waals surface area contributed by atoms with Gasteiger partial charge in [-0.25, -0.2) is 14.0 Å². The highest BCUT2D eigenvalue weighted by molar-refractivity contribution is 5.92. The first kappa shape index (κ1) is 18.4. The zero-order valence-electron chi connectivity index (χ0n) is 15.3. The number of aromatic nitrogens is 4. The van der Waals surface area contributed by atoms with Crippen LogP contribution in [0, 0.1) is 5.82 Å². The molecule has 0 aliphatic carbocycles. The molecular weight excluding hydrogens is 377 g/mol. The summed E-state index contributed by atoms with van der Waals surface area (Å²) in [4.78, 5) is 24.5. The van der Waals surface area contributed by atoms with Crippen molar-refractivity contribution in [2.45, 2.75) is 6.42 Å². The summed E-state index contributed by atoms with van der Waals surface area (Å²) >= 11 is 0. The molecule has 2 aromatic heterocycles. The summed E-state index contributed by atoms with van der Waals surface area (Å²) in [7, 11) is 1.36. The van der Waals surface area contributed by atoms with E-state index in [1.165, 1.54) is 23.8 Å². The van der Waals surface area contributed by atoms with E-state index >= 15 is 0 Å². The van der Waals surface area contributed by atoms with Crippen molar-refractivity contribution >= 4 is 17.1 Å². The van der Waals surface area contributed by atoms with Crippen molar-refractivity contribution in [2.24, 2.45) is 0 Å². The summed E-state index contributed by atoms with van der Waals surface area (Å²) in [5, 5.41) is 13.3. The smallest absolute Gasteiger partial charge is 0.290 e. The van der Waals surface area contributed by atoms with Crippen molar-refractivity contribution in [3.63, 3.8) is 0 Å². The van der Waals surface area contributed by atoms with Gasteiger partial charge in [0, 0.05) is 17.3 Å². The molecule has 0 bridgehead atoms. The molecule has 0 saturated carbocycles. The van der Waals surface area contributed by atoms with Crippen LogP contribution < -0.4 is 15.6 Å². The number of hydrogen-bond donors (Lipinski definition) is 2. The third-order valence-electron chi connectivity index (χ3n) is 4.30. The number of aromatic amines is 1. The van der Waals surface area contributed by atoms with E-state index < -0.39 is 17.3 Å². The Morgan fingerprint density at radius 3 is 2.72 bits per heavy atom. The summed E-state index contributed by atoms with van der Waals surface area (Å²) in [6.07, 6.45) is -0.170. The predicted octanol–water partition coefficient (Wildman–Crippen LogP) is 2.41. The lowest BCUT2D eigenvalue weighted by molar-refractivity contribution is -0.115. The lowest BCUT2D eigenvalue weighted by Gasteiger charge is -2.07. The molecule has 1 amide bonds. The number of rotatable bonds is 5. The van der Waals surface area contributed by atoms with E-state index in [-0.39, 0.29) is 29.2 Å². The Hall–Kier alpha value is -4.01. The maximum atomic E-state index is 13.8. The first-order valence-electron chi connectivity index (χ1n) is 8.71. The standard InChI is InChI=1S/C20H16FN5O3/c1-29-17-8-7-13(9-14(17)21)22-19(27)11-18-23-24-20(28)16-10-15(25-26(16)18)12-5-3-2-4-6-12/h2-10H,11H2,1H3,(H,22,27)(H,24,28). The van der Waals surface area contributed by atoms with Crippen LogP contribution in [-0.4, -0.2) is 32.8 Å². The van der Waals surface area contributed by atoms with E-state index in [4.69, 9.17) is 4.74 Å². The summed E-state index contributed by atoms with van der Waals surface area (Å²) < 4.78 is 20.0. The minimum absolute atomic E-state index is 0.0805. The molecule has 0 fully saturated rings. The first-order chi connectivity index (χ1) is 14.0. The fourth-order valence-corrected chi connectivity index (χ4v) is 2.92. The monoisotopic (exact) mass is 393 g/mol. The zero-order valence-corrected chi connectivity index (χ0v) is 15.3. The average molecular weight is 393 g/mol. The van der Waals surface area contributed by atoms with E-state index in [1.54, 1.807) is 6.07 Å². The maximum Gasteiger partial charge on any atom is 0.290 e. The normalized spacial score (nSPS) is 10.8. The Kier molecular flexibility index (Phi) is 4.78. The number of fused-ring (bicyclic) bond motifs is 1. The van der Waals surface area contributed by atoms with Gasteiger partial charge in [-0.05, 0) is 18.2 Å². The van der Waals surface area contributed by atoms with E-state index in [9.17, 15) is 14.0 Å². The van der Waals surface area contributed by atoms with Gasteiger partial charge in [-0.3, -0.25) is 9.59 Å². The highest BCUT2D eigenvalue weighted by Gasteiger charge is 2.15. The number of carbonyl (C=O) groups excluding carboxylic acids is 1. The van der Waals surface area contributed by atoms with E-state index in [0.717, 1.165) is 11.6 Å². The third-order valence-corrected chi connectivity index (χ3v) is 4.30. The Balaban J connectivity index is 1.61. The minimum atomic E-state index is -0.588. The number of H-pyrrole nitrogens is 1. The molecule has 0 unspecified atom stereocenters. The number of nitrogens with zero attached hydrogens (tertiary/aromatic N) is 3. The number of amides is 1. The second-order valence-electron chi connectivity index (χ2n) is 6.24. The highest BCUT2D eigenvalue weighted by atomic mass is 19.1. The summed E-state index contributed by atoms with van der Waals surface area (Å²) in [6.45, 7) is 0. The van der Waals surface area contributed by atoms with Gasteiger partial charge in [-0.2, -0.15) is 10.2 Å². The van der Waals surface area contributed by atoms with Gasteiger partial charge < -0.3 is 10.1 Å². The van der Waals surface area contributed by atoms with Crippen molar-refractivity contribution in [3.05, 3.63) is 76.6 Å². The molecule has 8 nitrogen and oxygen atoms in total. The van der Waals surface area contributed by atoms with Crippen LogP contribution in [0.25, 0.3) is 16.8 Å². The number of ether oxygens (including phenoxy) is 1. The number of nitrogens with one attached hydrogen (secondary N) is 2. The quantitative estimate of drug-likeness (QED) is 0.542. The van der Waals surface area contributed by atoms with Gasteiger partial charge in [0.25, 0.3) is 5.56 Å². The third kappa shape index (κ3) is 3.70. The van der Waals surface area contributed by atoms with Crippen LogP contribution in [0.5, 0.6) is 5.75 Å². The van der Waals surface area contributed by atoms with Crippen molar-refractivity contribution in [1.29, 1.82) is 0 Å². The number of anilines is 1. The molecule has 0 spiro atoms. The second kappa shape index (κ2) is 7.55. The SMILES string of the molecule is COc1ccc(NC(=O)Cc2n[nH]c(=O)c3cc(-c4ccccc4)nn23)cc1F. The lowest BCUT2D eigenvalue weighted by Crippen LogP contribution is -2.22. The summed E-state index contributed by atoms with van der Waals surface area (Å²) in [5.74, 6) is -0.702. The van der Waals surface area contributed by atoms with E-state index in [1.807, 2.05) is 30.3 Å². The van der Waals surface area contributed by atoms with Gasteiger partial charge >= 0.3 is 0 Å². The van der Waals surface area contributed by atoms with Crippen LogP contribution in [-0.2, 0) is 11.2 Å². The van der Waals surface area contributed by atoms with Crippen LogP contribution in [0.2, 0.25) is 0 Å². The first-order valence-corrected chi connectivity index (χ1v) is 8.71. The molecule has 2 N–H and O–H groups in total. The number of methoxy groups -OCH3 is 1. The number of hydrogen-bond acceptors (Lipinski definition) is 5. The highest BCUT2D eigenvalue weighted by Crippen LogP contribution is 2.21. The van der Waals surface area contributed by atoms with Gasteiger partial charge in [0.05, 0.1) is 19.2 Å². The Morgan fingerprint density at radius 2 is 2.00 bits per heavy atom. The summed E-state index contributed by atoms with van der Waals surface area (Å²) in [6, 6.07) is 15.1. The molecule has 29 heavy (non-hydrogen) atoms. The molecule has 146 valence electrons. The molecule has 0 aliphatic heterocycles. The largest absolute Gasteiger partial charge is 0.494 e. The molecule has 2 heterocycles.